The van der Waals surface area contributed by atoms with Crippen LogP contribution in [-0.2, 0) is 4.43 Å². The molecule has 15 heavy (non-hydrogen) atoms. The molecule has 0 heterocycles. The van der Waals surface area contributed by atoms with E-state index in [0.717, 1.165) is 6.61 Å². The molecule has 2 heteroatoms. The minimum Gasteiger partial charge on any atom is -0.413 e. The van der Waals surface area contributed by atoms with Crippen LogP contribution < -0.4 is 0 Å². The second-order valence-corrected chi connectivity index (χ2v) is 10.7. The van der Waals surface area contributed by atoms with Crippen LogP contribution in [0.25, 0.3) is 0 Å². The zero-order valence-electron chi connectivity index (χ0n) is 11.6. The fourth-order valence-electron chi connectivity index (χ4n) is 0.960. The normalized spacial score (nSPS) is 14.5. The minimum absolute atomic E-state index is 0.317. The second kappa shape index (κ2) is 5.85. The first-order valence-corrected chi connectivity index (χ1v) is 8.91. The van der Waals surface area contributed by atoms with Gasteiger partial charge in [0.15, 0.2) is 8.32 Å². The molecule has 0 N–H and O–H groups in total. The Kier molecular flexibility index (Phi) is 5.82. The van der Waals surface area contributed by atoms with Crippen molar-refractivity contribution in [3.63, 3.8) is 0 Å². The van der Waals surface area contributed by atoms with E-state index >= 15 is 0 Å². The molecule has 0 aliphatic heterocycles. The summed E-state index contributed by atoms with van der Waals surface area (Å²) in [6, 6.07) is 0. The molecule has 0 fully saturated rings. The molecule has 0 aromatic rings. The van der Waals surface area contributed by atoms with Crippen molar-refractivity contribution in [2.24, 2.45) is 0 Å². The Morgan fingerprint density at radius 2 is 1.80 bits per heavy atom. The summed E-state index contributed by atoms with van der Waals surface area (Å²) in [4.78, 5) is 0. The number of hydrogen-bond donors (Lipinski definition) is 0. The van der Waals surface area contributed by atoms with Crippen LogP contribution in [0.5, 0.6) is 0 Å². The van der Waals surface area contributed by atoms with Crippen molar-refractivity contribution in [2.45, 2.75) is 65.6 Å². The highest BCUT2D eigenvalue weighted by Gasteiger charge is 2.36. The van der Waals surface area contributed by atoms with Gasteiger partial charge >= 0.3 is 0 Å². The van der Waals surface area contributed by atoms with Crippen LogP contribution in [0.3, 0.4) is 0 Å². The standard InChI is InChI=1S/C13H28OSi/c1-8-9-10-12(2)11-14-15(6,7)13(3,4)5/h10H,8-9,11H2,1-7H3/b12-10-. The Labute approximate surface area is 97.0 Å². The van der Waals surface area contributed by atoms with Crippen LogP contribution in [0.1, 0.15) is 47.5 Å². The first kappa shape index (κ1) is 14.9. The minimum atomic E-state index is -1.55. The largest absolute Gasteiger partial charge is 0.413 e. The lowest BCUT2D eigenvalue weighted by Crippen LogP contribution is -2.41. The first-order valence-electron chi connectivity index (χ1n) is 6.00. The number of rotatable bonds is 5. The lowest BCUT2D eigenvalue weighted by Gasteiger charge is -2.36. The molecule has 0 aliphatic rings. The van der Waals surface area contributed by atoms with Gasteiger partial charge in [-0.15, -0.1) is 0 Å². The fourth-order valence-corrected chi connectivity index (χ4v) is 1.98. The smallest absolute Gasteiger partial charge is 0.192 e. The van der Waals surface area contributed by atoms with Gasteiger partial charge in [0.1, 0.15) is 0 Å². The van der Waals surface area contributed by atoms with E-state index in [1.54, 1.807) is 0 Å². The summed E-state index contributed by atoms with van der Waals surface area (Å²) < 4.78 is 6.12. The molecular formula is C13H28OSi. The second-order valence-electron chi connectivity index (χ2n) is 5.89. The van der Waals surface area contributed by atoms with Crippen molar-refractivity contribution in [2.75, 3.05) is 6.61 Å². The van der Waals surface area contributed by atoms with E-state index in [9.17, 15) is 0 Å². The van der Waals surface area contributed by atoms with Gasteiger partial charge in [0.05, 0.1) is 6.61 Å². The molecule has 0 radical (unpaired) electrons. The summed E-state index contributed by atoms with van der Waals surface area (Å²) in [6.45, 7) is 16.6. The summed E-state index contributed by atoms with van der Waals surface area (Å²) in [6.07, 6.45) is 4.69. The van der Waals surface area contributed by atoms with Crippen LogP contribution >= 0.6 is 0 Å². The highest BCUT2D eigenvalue weighted by molar-refractivity contribution is 6.74. The van der Waals surface area contributed by atoms with E-state index in [1.807, 2.05) is 0 Å². The van der Waals surface area contributed by atoms with Gasteiger partial charge in [0, 0.05) is 0 Å². The molecule has 0 aromatic carbocycles. The molecule has 0 amide bonds. The summed E-state index contributed by atoms with van der Waals surface area (Å²) in [5, 5.41) is 0.317. The highest BCUT2D eigenvalue weighted by Crippen LogP contribution is 2.36. The van der Waals surface area contributed by atoms with Crippen LogP contribution in [0, 0.1) is 0 Å². The summed E-state index contributed by atoms with van der Waals surface area (Å²) in [5.41, 5.74) is 1.38. The van der Waals surface area contributed by atoms with Crippen molar-refractivity contribution < 1.29 is 4.43 Å². The van der Waals surface area contributed by atoms with Crippen molar-refractivity contribution in [3.05, 3.63) is 11.6 Å². The third kappa shape index (κ3) is 5.52. The van der Waals surface area contributed by atoms with E-state index in [-0.39, 0.29) is 0 Å². The summed E-state index contributed by atoms with van der Waals surface area (Å²) >= 11 is 0. The van der Waals surface area contributed by atoms with E-state index in [1.165, 1.54) is 18.4 Å². The van der Waals surface area contributed by atoms with Crippen molar-refractivity contribution in [1.82, 2.24) is 0 Å². The molecule has 0 aromatic heterocycles. The number of hydrogen-bond acceptors (Lipinski definition) is 1. The first-order chi connectivity index (χ1) is 6.70. The van der Waals surface area contributed by atoms with Crippen LogP contribution in [0.15, 0.2) is 11.6 Å². The molecule has 0 rings (SSSR count). The number of unbranched alkanes of at least 4 members (excludes halogenated alkanes) is 1. The van der Waals surface area contributed by atoms with Gasteiger partial charge in [-0.2, -0.15) is 0 Å². The highest BCUT2D eigenvalue weighted by atomic mass is 28.4. The Morgan fingerprint density at radius 1 is 1.27 bits per heavy atom. The zero-order chi connectivity index (χ0) is 12.1. The molecule has 0 saturated carbocycles. The Morgan fingerprint density at radius 3 is 2.20 bits per heavy atom. The predicted octanol–water partition coefficient (Wildman–Crippen LogP) is 4.75. The topological polar surface area (TPSA) is 9.23 Å². The lowest BCUT2D eigenvalue weighted by atomic mass is 10.2. The van der Waals surface area contributed by atoms with Crippen LogP contribution in [0.4, 0.5) is 0 Å². The van der Waals surface area contributed by atoms with E-state index in [4.69, 9.17) is 4.43 Å². The summed E-state index contributed by atoms with van der Waals surface area (Å²) in [5.74, 6) is 0. The van der Waals surface area contributed by atoms with Gasteiger partial charge in [-0.3, -0.25) is 0 Å². The summed E-state index contributed by atoms with van der Waals surface area (Å²) in [7, 11) is -1.55. The predicted molar refractivity (Wildman–Crippen MR) is 71.8 cm³/mol. The molecule has 0 atom stereocenters. The maximum Gasteiger partial charge on any atom is 0.192 e. The quantitative estimate of drug-likeness (QED) is 0.487. The third-order valence-corrected chi connectivity index (χ3v) is 7.73. The van der Waals surface area contributed by atoms with E-state index in [0.29, 0.717) is 5.04 Å². The average molecular weight is 228 g/mol. The third-order valence-electron chi connectivity index (χ3n) is 3.25. The van der Waals surface area contributed by atoms with E-state index < -0.39 is 8.32 Å². The molecule has 1 nitrogen and oxygen atoms in total. The molecule has 90 valence electrons. The van der Waals surface area contributed by atoms with Gasteiger partial charge in [-0.1, -0.05) is 45.8 Å². The zero-order valence-corrected chi connectivity index (χ0v) is 12.6. The molecule has 0 spiro atoms. The van der Waals surface area contributed by atoms with Gasteiger partial charge in [-0.25, -0.2) is 0 Å². The Bertz CT molecular complexity index is 211. The maximum absolute atomic E-state index is 6.12. The molecule has 0 aliphatic carbocycles. The lowest BCUT2D eigenvalue weighted by molar-refractivity contribution is 0.318. The number of allylic oxidation sites excluding steroid dienone is 1. The Hall–Kier alpha value is -0.0831. The van der Waals surface area contributed by atoms with Gasteiger partial charge in [0.2, 0.25) is 0 Å². The van der Waals surface area contributed by atoms with Crippen molar-refractivity contribution in [1.29, 1.82) is 0 Å². The molecule has 0 unspecified atom stereocenters. The van der Waals surface area contributed by atoms with Crippen LogP contribution in [0.2, 0.25) is 18.1 Å². The van der Waals surface area contributed by atoms with Gasteiger partial charge in [0.25, 0.3) is 0 Å². The van der Waals surface area contributed by atoms with Crippen molar-refractivity contribution in [3.8, 4) is 0 Å². The van der Waals surface area contributed by atoms with Crippen LogP contribution in [-0.4, -0.2) is 14.9 Å². The Balaban J connectivity index is 4.15. The monoisotopic (exact) mass is 228 g/mol. The maximum atomic E-state index is 6.12. The molecule has 0 bridgehead atoms. The average Bonchev–Trinajstić information content (AvgIpc) is 2.09. The van der Waals surface area contributed by atoms with Gasteiger partial charge < -0.3 is 4.43 Å². The fraction of sp³-hybridized carbons (Fsp3) is 0.846. The molecule has 0 saturated heterocycles. The van der Waals surface area contributed by atoms with Gasteiger partial charge in [-0.05, 0) is 31.5 Å². The SMILES string of the molecule is CCC/C=C(/C)CO[Si](C)(C)C(C)(C)C. The van der Waals surface area contributed by atoms with E-state index in [2.05, 4.69) is 53.8 Å². The molecular weight excluding hydrogens is 200 g/mol. The van der Waals surface area contributed by atoms with Crippen molar-refractivity contribution >= 4 is 8.32 Å².